The smallest absolute Gasteiger partial charge is 0.159 e. The van der Waals surface area contributed by atoms with Crippen LogP contribution in [0.4, 0.5) is 0 Å². The second kappa shape index (κ2) is 7.69. The molecule has 0 spiro atoms. The monoisotopic (exact) mass is 294 g/mol. The lowest BCUT2D eigenvalue weighted by molar-refractivity contribution is -0.120. The Morgan fingerprint density at radius 3 is 2.14 bits per heavy atom. The number of hydrogen-bond acceptors (Lipinski definition) is 2. The Hall–Kier alpha value is -2.22. The summed E-state index contributed by atoms with van der Waals surface area (Å²) in [6, 6.07) is 17.3. The topological polar surface area (TPSA) is 34.1 Å². The van der Waals surface area contributed by atoms with E-state index in [0.717, 1.165) is 24.0 Å². The van der Waals surface area contributed by atoms with Crippen LogP contribution in [-0.2, 0) is 11.2 Å². The molecule has 0 N–H and O–H groups in total. The predicted octanol–water partition coefficient (Wildman–Crippen LogP) is 4.58. The first-order valence-corrected chi connectivity index (χ1v) is 7.79. The lowest BCUT2D eigenvalue weighted by Crippen LogP contribution is -2.15. The van der Waals surface area contributed by atoms with E-state index in [1.54, 1.807) is 19.1 Å². The fourth-order valence-corrected chi connectivity index (χ4v) is 2.67. The Labute approximate surface area is 132 Å². The van der Waals surface area contributed by atoms with Crippen LogP contribution in [0.2, 0.25) is 0 Å². The van der Waals surface area contributed by atoms with Crippen LogP contribution in [0.1, 0.15) is 54.1 Å². The zero-order valence-electron chi connectivity index (χ0n) is 13.2. The largest absolute Gasteiger partial charge is 0.299 e. The van der Waals surface area contributed by atoms with Crippen molar-refractivity contribution in [2.75, 3.05) is 0 Å². The van der Waals surface area contributed by atoms with E-state index in [-0.39, 0.29) is 17.5 Å². The lowest BCUT2D eigenvalue weighted by atomic mass is 9.87. The molecule has 0 aliphatic carbocycles. The van der Waals surface area contributed by atoms with Gasteiger partial charge in [-0.2, -0.15) is 0 Å². The third-order valence-corrected chi connectivity index (χ3v) is 3.91. The van der Waals surface area contributed by atoms with Crippen molar-refractivity contribution in [2.45, 2.75) is 39.0 Å². The summed E-state index contributed by atoms with van der Waals surface area (Å²) in [5, 5.41) is 0. The van der Waals surface area contributed by atoms with Crippen LogP contribution in [0.15, 0.2) is 54.6 Å². The quantitative estimate of drug-likeness (QED) is 0.700. The summed E-state index contributed by atoms with van der Waals surface area (Å²) in [6.45, 7) is 3.65. The minimum atomic E-state index is -0.0429. The maximum absolute atomic E-state index is 12.7. The minimum absolute atomic E-state index is 0.0429. The summed E-state index contributed by atoms with van der Waals surface area (Å²) in [5.74, 6) is 0.244. The second-order valence-electron chi connectivity index (χ2n) is 5.65. The van der Waals surface area contributed by atoms with Crippen LogP contribution < -0.4 is 0 Å². The van der Waals surface area contributed by atoms with Gasteiger partial charge in [0.05, 0.1) is 0 Å². The van der Waals surface area contributed by atoms with Gasteiger partial charge < -0.3 is 0 Å². The second-order valence-corrected chi connectivity index (χ2v) is 5.65. The molecule has 0 amide bonds. The molecule has 0 saturated carbocycles. The first-order chi connectivity index (χ1) is 10.6. The Balaban J connectivity index is 2.12. The predicted molar refractivity (Wildman–Crippen MR) is 89.2 cm³/mol. The number of benzene rings is 2. The van der Waals surface area contributed by atoms with Crippen LogP contribution in [0.5, 0.6) is 0 Å². The summed E-state index contributed by atoms with van der Waals surface area (Å²) in [4.78, 5) is 23.9. The van der Waals surface area contributed by atoms with E-state index in [4.69, 9.17) is 0 Å². The van der Waals surface area contributed by atoms with E-state index in [1.165, 1.54) is 0 Å². The Morgan fingerprint density at radius 1 is 0.955 bits per heavy atom. The molecule has 1 unspecified atom stereocenters. The zero-order valence-corrected chi connectivity index (χ0v) is 13.2. The summed E-state index contributed by atoms with van der Waals surface area (Å²) in [6.07, 6.45) is 2.26. The maximum atomic E-state index is 12.7. The van der Waals surface area contributed by atoms with Crippen LogP contribution in [0.25, 0.3) is 0 Å². The number of carbonyl (C=O) groups is 2. The van der Waals surface area contributed by atoms with Gasteiger partial charge in [-0.3, -0.25) is 9.59 Å². The third-order valence-electron chi connectivity index (χ3n) is 3.91. The highest BCUT2D eigenvalue weighted by Crippen LogP contribution is 2.24. The van der Waals surface area contributed by atoms with Gasteiger partial charge in [-0.15, -0.1) is 0 Å². The first kappa shape index (κ1) is 16.2. The molecule has 2 rings (SSSR count). The van der Waals surface area contributed by atoms with Crippen molar-refractivity contribution in [2.24, 2.45) is 0 Å². The SMILES string of the molecule is CCCC(C(=O)Cc1ccc(C(C)=O)cc1)c1ccccc1. The molecule has 0 fully saturated rings. The molecule has 2 aromatic carbocycles. The average molecular weight is 294 g/mol. The normalized spacial score (nSPS) is 11.9. The third kappa shape index (κ3) is 4.14. The van der Waals surface area contributed by atoms with E-state index in [2.05, 4.69) is 6.92 Å². The fourth-order valence-electron chi connectivity index (χ4n) is 2.67. The molecular weight excluding hydrogens is 272 g/mol. The number of Topliss-reactive ketones (excluding diaryl/α,β-unsaturated/α-hetero) is 2. The van der Waals surface area contributed by atoms with Crippen LogP contribution in [0.3, 0.4) is 0 Å². The lowest BCUT2D eigenvalue weighted by Gasteiger charge is -2.15. The van der Waals surface area contributed by atoms with Gasteiger partial charge in [-0.05, 0) is 24.5 Å². The first-order valence-electron chi connectivity index (χ1n) is 7.79. The number of carbonyl (C=O) groups excluding carboxylic acids is 2. The molecule has 1 atom stereocenters. The molecular formula is C20H22O2. The van der Waals surface area contributed by atoms with Crippen molar-refractivity contribution < 1.29 is 9.59 Å². The van der Waals surface area contributed by atoms with Crippen molar-refractivity contribution >= 4 is 11.6 Å². The molecule has 22 heavy (non-hydrogen) atoms. The van der Waals surface area contributed by atoms with Crippen molar-refractivity contribution in [3.05, 3.63) is 71.3 Å². The summed E-state index contributed by atoms with van der Waals surface area (Å²) >= 11 is 0. The minimum Gasteiger partial charge on any atom is -0.299 e. The summed E-state index contributed by atoms with van der Waals surface area (Å²) < 4.78 is 0. The van der Waals surface area contributed by atoms with Crippen molar-refractivity contribution in [1.29, 1.82) is 0 Å². The van der Waals surface area contributed by atoms with Crippen LogP contribution in [0, 0.1) is 0 Å². The standard InChI is InChI=1S/C20H22O2/c1-3-7-19(18-8-5-4-6-9-18)20(22)14-16-10-12-17(13-11-16)15(2)21/h4-6,8-13,19H,3,7,14H2,1-2H3. The molecule has 0 aliphatic rings. The van der Waals surface area contributed by atoms with Crippen molar-refractivity contribution in [3.8, 4) is 0 Å². The van der Waals surface area contributed by atoms with Crippen LogP contribution in [-0.4, -0.2) is 11.6 Å². The number of ketones is 2. The molecule has 0 heterocycles. The van der Waals surface area contributed by atoms with Gasteiger partial charge in [0, 0.05) is 17.9 Å². The Kier molecular flexibility index (Phi) is 5.65. The van der Waals surface area contributed by atoms with Gasteiger partial charge in [0.2, 0.25) is 0 Å². The van der Waals surface area contributed by atoms with Gasteiger partial charge in [0.15, 0.2) is 5.78 Å². The molecule has 0 aliphatic heterocycles. The zero-order chi connectivity index (χ0) is 15.9. The Bertz CT molecular complexity index is 627. The van der Waals surface area contributed by atoms with Crippen molar-refractivity contribution in [1.82, 2.24) is 0 Å². The van der Waals surface area contributed by atoms with Crippen LogP contribution >= 0.6 is 0 Å². The fraction of sp³-hybridized carbons (Fsp3) is 0.300. The van der Waals surface area contributed by atoms with Gasteiger partial charge in [-0.25, -0.2) is 0 Å². The molecule has 0 radical (unpaired) electrons. The van der Waals surface area contributed by atoms with Crippen molar-refractivity contribution in [3.63, 3.8) is 0 Å². The molecule has 0 bridgehead atoms. The van der Waals surface area contributed by atoms with Gasteiger partial charge >= 0.3 is 0 Å². The maximum Gasteiger partial charge on any atom is 0.159 e. The highest BCUT2D eigenvalue weighted by atomic mass is 16.1. The van der Waals surface area contributed by atoms with E-state index in [0.29, 0.717) is 12.0 Å². The van der Waals surface area contributed by atoms with E-state index in [1.807, 2.05) is 42.5 Å². The van der Waals surface area contributed by atoms with E-state index < -0.39 is 0 Å². The molecule has 0 aromatic heterocycles. The van der Waals surface area contributed by atoms with Gasteiger partial charge in [0.1, 0.15) is 5.78 Å². The highest BCUT2D eigenvalue weighted by molar-refractivity contribution is 5.94. The number of rotatable bonds is 7. The molecule has 2 nitrogen and oxygen atoms in total. The molecule has 2 aromatic rings. The van der Waals surface area contributed by atoms with Gasteiger partial charge in [0.25, 0.3) is 0 Å². The highest BCUT2D eigenvalue weighted by Gasteiger charge is 2.19. The summed E-state index contributed by atoms with van der Waals surface area (Å²) in [7, 11) is 0. The Morgan fingerprint density at radius 2 is 1.59 bits per heavy atom. The number of hydrogen-bond donors (Lipinski definition) is 0. The van der Waals surface area contributed by atoms with E-state index >= 15 is 0 Å². The molecule has 2 heteroatoms. The average Bonchev–Trinajstić information content (AvgIpc) is 2.53. The summed E-state index contributed by atoms with van der Waals surface area (Å²) in [5.41, 5.74) is 2.74. The molecule has 0 saturated heterocycles. The van der Waals surface area contributed by atoms with E-state index in [9.17, 15) is 9.59 Å². The van der Waals surface area contributed by atoms with Gasteiger partial charge in [-0.1, -0.05) is 67.9 Å². The molecule has 114 valence electrons.